The van der Waals surface area contributed by atoms with Crippen LogP contribution >= 0.6 is 23.8 Å². The van der Waals surface area contributed by atoms with Crippen LogP contribution in [0.5, 0.6) is 0 Å². The summed E-state index contributed by atoms with van der Waals surface area (Å²) < 4.78 is 0. The second-order valence-corrected chi connectivity index (χ2v) is 6.18. The highest BCUT2D eigenvalue weighted by Gasteiger charge is 2.30. The van der Waals surface area contributed by atoms with Gasteiger partial charge in [-0.1, -0.05) is 59.6 Å². The average Bonchev–Trinajstić information content (AvgIpc) is 2.77. The lowest BCUT2D eigenvalue weighted by Crippen LogP contribution is -2.30. The molecule has 5 heteroatoms. The molecule has 0 unspecified atom stereocenters. The van der Waals surface area contributed by atoms with Gasteiger partial charge >= 0.3 is 0 Å². The van der Waals surface area contributed by atoms with Crippen molar-refractivity contribution in [1.29, 1.82) is 0 Å². The van der Waals surface area contributed by atoms with Crippen molar-refractivity contribution in [3.8, 4) is 0 Å². The van der Waals surface area contributed by atoms with Crippen LogP contribution in [-0.2, 0) is 11.3 Å². The number of nitrogens with zero attached hydrogens (tertiary/aromatic N) is 1. The summed E-state index contributed by atoms with van der Waals surface area (Å²) in [5.74, 6) is -0.142. The van der Waals surface area contributed by atoms with Crippen molar-refractivity contribution in [3.05, 3.63) is 75.9 Å². The van der Waals surface area contributed by atoms with Crippen LogP contribution in [0.25, 0.3) is 6.08 Å². The van der Waals surface area contributed by atoms with Gasteiger partial charge in [0.15, 0.2) is 5.11 Å². The zero-order chi connectivity index (χ0) is 16.4. The molecule has 1 heterocycles. The maximum absolute atomic E-state index is 12.6. The molecule has 1 amide bonds. The van der Waals surface area contributed by atoms with Gasteiger partial charge in [-0.25, -0.2) is 0 Å². The summed E-state index contributed by atoms with van der Waals surface area (Å²) in [4.78, 5) is 14.1. The SMILES string of the molecule is Cc1cccc(C=C2NC(=S)N(Cc3ccccc3Cl)C2=O)c1. The van der Waals surface area contributed by atoms with Crippen LogP contribution in [0.3, 0.4) is 0 Å². The molecule has 0 saturated carbocycles. The van der Waals surface area contributed by atoms with Gasteiger partial charge < -0.3 is 5.32 Å². The number of nitrogens with one attached hydrogen (secondary N) is 1. The first-order valence-electron chi connectivity index (χ1n) is 7.19. The summed E-state index contributed by atoms with van der Waals surface area (Å²) >= 11 is 11.5. The number of amides is 1. The Labute approximate surface area is 145 Å². The maximum atomic E-state index is 12.6. The Morgan fingerprint density at radius 2 is 2.00 bits per heavy atom. The van der Waals surface area contributed by atoms with Gasteiger partial charge in [0.1, 0.15) is 5.70 Å². The van der Waals surface area contributed by atoms with Crippen LogP contribution in [0.1, 0.15) is 16.7 Å². The largest absolute Gasteiger partial charge is 0.328 e. The summed E-state index contributed by atoms with van der Waals surface area (Å²) in [5, 5.41) is 4.01. The van der Waals surface area contributed by atoms with E-state index < -0.39 is 0 Å². The van der Waals surface area contributed by atoms with Gasteiger partial charge in [-0.05, 0) is 42.4 Å². The fourth-order valence-electron chi connectivity index (χ4n) is 2.44. The first kappa shape index (κ1) is 15.7. The van der Waals surface area contributed by atoms with Gasteiger partial charge in [0, 0.05) is 5.02 Å². The minimum Gasteiger partial charge on any atom is -0.328 e. The minimum atomic E-state index is -0.142. The zero-order valence-electron chi connectivity index (χ0n) is 12.5. The van der Waals surface area contributed by atoms with Gasteiger partial charge in [0.2, 0.25) is 0 Å². The molecule has 23 heavy (non-hydrogen) atoms. The van der Waals surface area contributed by atoms with Crippen LogP contribution in [0.4, 0.5) is 0 Å². The first-order valence-corrected chi connectivity index (χ1v) is 7.98. The summed E-state index contributed by atoms with van der Waals surface area (Å²) in [6.45, 7) is 2.37. The van der Waals surface area contributed by atoms with E-state index in [2.05, 4.69) is 5.32 Å². The van der Waals surface area contributed by atoms with Gasteiger partial charge in [-0.15, -0.1) is 0 Å². The zero-order valence-corrected chi connectivity index (χ0v) is 14.1. The number of aryl methyl sites for hydroxylation is 1. The Bertz CT molecular complexity index is 816. The molecule has 0 bridgehead atoms. The Morgan fingerprint density at radius 3 is 2.74 bits per heavy atom. The topological polar surface area (TPSA) is 32.3 Å². The fourth-order valence-corrected chi connectivity index (χ4v) is 2.89. The van der Waals surface area contributed by atoms with Crippen LogP contribution in [0, 0.1) is 6.92 Å². The van der Waals surface area contributed by atoms with E-state index in [9.17, 15) is 4.79 Å². The highest BCUT2D eigenvalue weighted by Crippen LogP contribution is 2.21. The Morgan fingerprint density at radius 1 is 1.22 bits per heavy atom. The van der Waals surface area contributed by atoms with Crippen molar-refractivity contribution >= 4 is 40.9 Å². The summed E-state index contributed by atoms with van der Waals surface area (Å²) in [5.41, 5.74) is 3.44. The Hall–Kier alpha value is -2.17. The second kappa shape index (κ2) is 6.52. The molecule has 1 fully saturated rings. The van der Waals surface area contributed by atoms with E-state index >= 15 is 0 Å². The molecule has 1 N–H and O–H groups in total. The number of carbonyl (C=O) groups excluding carboxylic acids is 1. The van der Waals surface area contributed by atoms with E-state index in [0.29, 0.717) is 22.4 Å². The molecule has 1 saturated heterocycles. The summed E-state index contributed by atoms with van der Waals surface area (Å²) in [7, 11) is 0. The number of benzene rings is 2. The number of hydrogen-bond donors (Lipinski definition) is 1. The summed E-state index contributed by atoms with van der Waals surface area (Å²) in [6, 6.07) is 15.4. The average molecular weight is 343 g/mol. The third-order valence-corrected chi connectivity index (χ3v) is 4.29. The molecule has 2 aromatic carbocycles. The Balaban J connectivity index is 1.84. The molecule has 0 spiro atoms. The molecule has 0 atom stereocenters. The molecule has 0 aromatic heterocycles. The molecule has 3 nitrogen and oxygen atoms in total. The molecular weight excluding hydrogens is 328 g/mol. The fraction of sp³-hybridized carbons (Fsp3) is 0.111. The predicted molar refractivity (Wildman–Crippen MR) is 96.9 cm³/mol. The maximum Gasteiger partial charge on any atom is 0.276 e. The number of hydrogen-bond acceptors (Lipinski definition) is 2. The molecular formula is C18H15ClN2OS. The van der Waals surface area contributed by atoms with Crippen molar-refractivity contribution in [2.75, 3.05) is 0 Å². The number of rotatable bonds is 3. The van der Waals surface area contributed by atoms with Gasteiger partial charge in [0.25, 0.3) is 5.91 Å². The molecule has 1 aliphatic rings. The van der Waals surface area contributed by atoms with Crippen molar-refractivity contribution in [2.45, 2.75) is 13.5 Å². The number of thiocarbonyl (C=S) groups is 1. The quantitative estimate of drug-likeness (QED) is 0.678. The van der Waals surface area contributed by atoms with Gasteiger partial charge in [-0.3, -0.25) is 9.69 Å². The van der Waals surface area contributed by atoms with E-state index in [1.54, 1.807) is 6.07 Å². The van der Waals surface area contributed by atoms with Crippen molar-refractivity contribution < 1.29 is 4.79 Å². The molecule has 3 rings (SSSR count). The lowest BCUT2D eigenvalue weighted by Gasteiger charge is -2.14. The van der Waals surface area contributed by atoms with Crippen LogP contribution in [0.2, 0.25) is 5.02 Å². The van der Waals surface area contributed by atoms with Crippen LogP contribution < -0.4 is 5.32 Å². The van der Waals surface area contributed by atoms with E-state index in [1.807, 2.05) is 55.5 Å². The minimum absolute atomic E-state index is 0.142. The highest BCUT2D eigenvalue weighted by atomic mass is 35.5. The third kappa shape index (κ3) is 3.44. The van der Waals surface area contributed by atoms with Crippen molar-refractivity contribution in [3.63, 3.8) is 0 Å². The first-order chi connectivity index (χ1) is 11.0. The lowest BCUT2D eigenvalue weighted by atomic mass is 10.1. The highest BCUT2D eigenvalue weighted by molar-refractivity contribution is 7.80. The van der Waals surface area contributed by atoms with Gasteiger partial charge in [0.05, 0.1) is 6.54 Å². The van der Waals surface area contributed by atoms with Crippen molar-refractivity contribution in [1.82, 2.24) is 10.2 Å². The summed E-state index contributed by atoms with van der Waals surface area (Å²) in [6.07, 6.45) is 1.81. The van der Waals surface area contributed by atoms with E-state index in [4.69, 9.17) is 23.8 Å². The standard InChI is InChI=1S/C18H15ClN2OS/c1-12-5-4-6-13(9-12)10-16-17(22)21(18(23)20-16)11-14-7-2-3-8-15(14)19/h2-10H,11H2,1H3,(H,20,23). The van der Waals surface area contributed by atoms with E-state index in [1.165, 1.54) is 4.90 Å². The lowest BCUT2D eigenvalue weighted by molar-refractivity contribution is -0.122. The van der Waals surface area contributed by atoms with E-state index in [-0.39, 0.29) is 5.91 Å². The molecule has 0 aliphatic carbocycles. The number of carbonyl (C=O) groups is 1. The van der Waals surface area contributed by atoms with Crippen molar-refractivity contribution in [2.24, 2.45) is 0 Å². The third-order valence-electron chi connectivity index (χ3n) is 3.60. The monoisotopic (exact) mass is 342 g/mol. The molecule has 116 valence electrons. The molecule has 2 aromatic rings. The predicted octanol–water partition coefficient (Wildman–Crippen LogP) is 3.91. The van der Waals surface area contributed by atoms with Crippen LogP contribution in [0.15, 0.2) is 54.2 Å². The smallest absolute Gasteiger partial charge is 0.276 e. The molecule has 0 radical (unpaired) electrons. The normalized spacial score (nSPS) is 16.1. The molecule has 1 aliphatic heterocycles. The van der Waals surface area contributed by atoms with Gasteiger partial charge in [-0.2, -0.15) is 0 Å². The Kier molecular flexibility index (Phi) is 4.46. The van der Waals surface area contributed by atoms with Crippen LogP contribution in [-0.4, -0.2) is 15.9 Å². The second-order valence-electron chi connectivity index (χ2n) is 5.39. The van der Waals surface area contributed by atoms with E-state index in [0.717, 1.165) is 16.7 Å². The number of halogens is 1.